The Morgan fingerprint density at radius 3 is 2.44 bits per heavy atom. The van der Waals surface area contributed by atoms with Gasteiger partial charge in [-0.2, -0.15) is 17.9 Å². The molecule has 0 unspecified atom stereocenters. The molecule has 0 fully saturated rings. The van der Waals surface area contributed by atoms with E-state index in [9.17, 15) is 17.6 Å². The van der Waals surface area contributed by atoms with Crippen LogP contribution in [0.4, 0.5) is 4.39 Å². The average Bonchev–Trinajstić information content (AvgIpc) is 2.60. The number of nitrogens with zero attached hydrogens (tertiary/aromatic N) is 2. The van der Waals surface area contributed by atoms with Crippen molar-refractivity contribution in [1.82, 2.24) is 19.0 Å². The molecule has 2 aromatic carbocycles. The van der Waals surface area contributed by atoms with Crippen molar-refractivity contribution in [1.29, 1.82) is 0 Å². The predicted octanol–water partition coefficient (Wildman–Crippen LogP) is 1.86. The molecule has 0 radical (unpaired) electrons. The quantitative estimate of drug-likeness (QED) is 0.672. The second-order valence-electron chi connectivity index (χ2n) is 6.26. The van der Waals surface area contributed by atoms with Crippen LogP contribution in [0.1, 0.15) is 19.7 Å². The summed E-state index contributed by atoms with van der Waals surface area (Å²) in [5.41, 5.74) is 0.482. The molecule has 1 heterocycles. The largest absolute Gasteiger partial charge is 0.277 e. The number of fused-ring (bicyclic) bond motifs is 1. The standard InChI is InChI=1S/C18H19FN4O3S/c1-12(2)22-27(25,26)20-11-17-21-16-6-4-3-5-15(16)18(24)23(17)14-9-7-13(19)8-10-14/h3-10,12,20,22H,11H2,1-2H3. The zero-order valence-electron chi connectivity index (χ0n) is 14.8. The van der Waals surface area contributed by atoms with Crippen LogP contribution < -0.4 is 15.0 Å². The van der Waals surface area contributed by atoms with Gasteiger partial charge >= 0.3 is 0 Å². The Balaban J connectivity index is 2.11. The van der Waals surface area contributed by atoms with Crippen molar-refractivity contribution in [3.63, 3.8) is 0 Å². The van der Waals surface area contributed by atoms with Crippen LogP contribution in [-0.2, 0) is 16.8 Å². The van der Waals surface area contributed by atoms with Gasteiger partial charge in [-0.05, 0) is 50.2 Å². The Morgan fingerprint density at radius 2 is 1.78 bits per heavy atom. The van der Waals surface area contributed by atoms with Gasteiger partial charge in [0.05, 0.1) is 23.1 Å². The Hall–Kier alpha value is -2.62. The molecular weight excluding hydrogens is 371 g/mol. The first-order chi connectivity index (χ1) is 12.8. The third-order valence-corrected chi connectivity index (χ3v) is 5.05. The lowest BCUT2D eigenvalue weighted by Crippen LogP contribution is -2.41. The highest BCUT2D eigenvalue weighted by atomic mass is 32.2. The number of hydrogen-bond donors (Lipinski definition) is 2. The van der Waals surface area contributed by atoms with Crippen LogP contribution >= 0.6 is 0 Å². The van der Waals surface area contributed by atoms with Crippen LogP contribution in [0.25, 0.3) is 16.6 Å². The molecule has 1 aromatic heterocycles. The fourth-order valence-corrected chi connectivity index (χ4v) is 3.69. The van der Waals surface area contributed by atoms with Crippen molar-refractivity contribution in [2.24, 2.45) is 0 Å². The Bertz CT molecular complexity index is 1130. The first-order valence-electron chi connectivity index (χ1n) is 8.30. The first kappa shape index (κ1) is 19.2. The second-order valence-corrected chi connectivity index (χ2v) is 7.79. The van der Waals surface area contributed by atoms with E-state index in [0.29, 0.717) is 16.6 Å². The van der Waals surface area contributed by atoms with E-state index in [2.05, 4.69) is 14.4 Å². The molecule has 7 nitrogen and oxygen atoms in total. The van der Waals surface area contributed by atoms with Crippen molar-refractivity contribution in [2.45, 2.75) is 26.4 Å². The summed E-state index contributed by atoms with van der Waals surface area (Å²) in [6, 6.07) is 11.8. The number of aromatic nitrogens is 2. The molecular formula is C18H19FN4O3S. The number of para-hydroxylation sites is 1. The van der Waals surface area contributed by atoms with Crippen LogP contribution in [0.3, 0.4) is 0 Å². The number of halogens is 1. The van der Waals surface area contributed by atoms with Crippen LogP contribution in [0.15, 0.2) is 53.3 Å². The van der Waals surface area contributed by atoms with E-state index in [0.717, 1.165) is 0 Å². The highest BCUT2D eigenvalue weighted by molar-refractivity contribution is 7.87. The van der Waals surface area contributed by atoms with Crippen molar-refractivity contribution >= 4 is 21.1 Å². The molecule has 3 rings (SSSR count). The van der Waals surface area contributed by atoms with Gasteiger partial charge in [0, 0.05) is 6.04 Å². The van der Waals surface area contributed by atoms with Crippen LogP contribution in [0, 0.1) is 5.82 Å². The van der Waals surface area contributed by atoms with Gasteiger partial charge in [-0.1, -0.05) is 12.1 Å². The molecule has 0 aliphatic rings. The number of benzene rings is 2. The SMILES string of the molecule is CC(C)NS(=O)(=O)NCc1nc2ccccc2c(=O)n1-c1ccc(F)cc1. The Labute approximate surface area is 156 Å². The van der Waals surface area contributed by atoms with Crippen molar-refractivity contribution in [2.75, 3.05) is 0 Å². The highest BCUT2D eigenvalue weighted by Gasteiger charge is 2.16. The van der Waals surface area contributed by atoms with E-state index in [1.807, 2.05) is 0 Å². The summed E-state index contributed by atoms with van der Waals surface area (Å²) >= 11 is 0. The number of nitrogens with one attached hydrogen (secondary N) is 2. The molecule has 0 aliphatic heterocycles. The number of hydrogen-bond acceptors (Lipinski definition) is 4. The third-order valence-electron chi connectivity index (χ3n) is 3.74. The Morgan fingerprint density at radius 1 is 1.11 bits per heavy atom. The summed E-state index contributed by atoms with van der Waals surface area (Å²) in [6.45, 7) is 3.18. The van der Waals surface area contributed by atoms with Crippen molar-refractivity contribution < 1.29 is 12.8 Å². The maximum Gasteiger partial charge on any atom is 0.277 e. The summed E-state index contributed by atoms with van der Waals surface area (Å²) in [5, 5.41) is 0.383. The minimum atomic E-state index is -3.77. The lowest BCUT2D eigenvalue weighted by Gasteiger charge is -2.15. The molecule has 0 saturated carbocycles. The topological polar surface area (TPSA) is 93.1 Å². The molecule has 2 N–H and O–H groups in total. The normalized spacial score (nSPS) is 12.0. The summed E-state index contributed by atoms with van der Waals surface area (Å²) in [4.78, 5) is 17.4. The fraction of sp³-hybridized carbons (Fsp3) is 0.222. The van der Waals surface area contributed by atoms with E-state index in [1.54, 1.807) is 38.1 Å². The predicted molar refractivity (Wildman–Crippen MR) is 101 cm³/mol. The zero-order chi connectivity index (χ0) is 19.6. The molecule has 142 valence electrons. The molecule has 0 saturated heterocycles. The van der Waals surface area contributed by atoms with Crippen molar-refractivity contribution in [3.05, 3.63) is 70.5 Å². The van der Waals surface area contributed by atoms with Gasteiger partial charge in [0.2, 0.25) is 0 Å². The van der Waals surface area contributed by atoms with E-state index >= 15 is 0 Å². The maximum atomic E-state index is 13.3. The zero-order valence-corrected chi connectivity index (χ0v) is 15.6. The van der Waals surface area contributed by atoms with Gasteiger partial charge in [-0.25, -0.2) is 9.37 Å². The van der Waals surface area contributed by atoms with Gasteiger partial charge in [0.1, 0.15) is 11.6 Å². The molecule has 9 heteroatoms. The summed E-state index contributed by atoms with van der Waals surface area (Å²) < 4.78 is 43.5. The molecule has 27 heavy (non-hydrogen) atoms. The smallest absolute Gasteiger partial charge is 0.268 e. The summed E-state index contributed by atoms with van der Waals surface area (Å²) in [5.74, 6) is -0.247. The molecule has 0 aliphatic carbocycles. The van der Waals surface area contributed by atoms with Crippen LogP contribution in [0.5, 0.6) is 0 Å². The van der Waals surface area contributed by atoms with Gasteiger partial charge in [-0.3, -0.25) is 9.36 Å². The third kappa shape index (κ3) is 4.38. The molecule has 0 spiro atoms. The average molecular weight is 390 g/mol. The van der Waals surface area contributed by atoms with Gasteiger partial charge in [0.15, 0.2) is 0 Å². The first-order valence-corrected chi connectivity index (χ1v) is 9.79. The second kappa shape index (κ2) is 7.55. The molecule has 0 atom stereocenters. The molecule has 0 amide bonds. The fourth-order valence-electron chi connectivity index (χ4n) is 2.67. The minimum Gasteiger partial charge on any atom is -0.268 e. The van der Waals surface area contributed by atoms with Gasteiger partial charge in [0.25, 0.3) is 15.8 Å². The molecule has 3 aromatic rings. The monoisotopic (exact) mass is 390 g/mol. The van der Waals surface area contributed by atoms with E-state index < -0.39 is 16.0 Å². The van der Waals surface area contributed by atoms with E-state index in [1.165, 1.54) is 28.8 Å². The molecule has 0 bridgehead atoms. The van der Waals surface area contributed by atoms with Gasteiger partial charge in [-0.15, -0.1) is 0 Å². The Kier molecular flexibility index (Phi) is 5.36. The van der Waals surface area contributed by atoms with Gasteiger partial charge < -0.3 is 0 Å². The summed E-state index contributed by atoms with van der Waals surface area (Å²) in [6.07, 6.45) is 0. The van der Waals surface area contributed by atoms with Crippen molar-refractivity contribution in [3.8, 4) is 5.69 Å². The van der Waals surface area contributed by atoms with Crippen LogP contribution in [-0.4, -0.2) is 24.0 Å². The number of rotatable bonds is 6. The lowest BCUT2D eigenvalue weighted by molar-refractivity contribution is 0.551. The van der Waals surface area contributed by atoms with E-state index in [-0.39, 0.29) is 24.0 Å². The lowest BCUT2D eigenvalue weighted by atomic mass is 10.2. The van der Waals surface area contributed by atoms with E-state index in [4.69, 9.17) is 0 Å². The minimum absolute atomic E-state index is 0.194. The summed E-state index contributed by atoms with van der Waals surface area (Å²) in [7, 11) is -3.77. The maximum absolute atomic E-state index is 13.3. The highest BCUT2D eigenvalue weighted by Crippen LogP contribution is 2.14. The van der Waals surface area contributed by atoms with Crippen LogP contribution in [0.2, 0.25) is 0 Å².